The molecule has 0 bridgehead atoms. The third kappa shape index (κ3) is 4.88. The molecule has 1 unspecified atom stereocenters. The maximum Gasteiger partial charge on any atom is 0.253 e. The van der Waals surface area contributed by atoms with Gasteiger partial charge in [-0.3, -0.25) is 19.3 Å². The van der Waals surface area contributed by atoms with Crippen molar-refractivity contribution in [2.24, 2.45) is 0 Å². The lowest BCUT2D eigenvalue weighted by Crippen LogP contribution is -2.52. The molecule has 1 atom stereocenters. The molecule has 2 aromatic rings. The number of hydrogen-bond acceptors (Lipinski definition) is 4. The van der Waals surface area contributed by atoms with E-state index in [0.717, 1.165) is 12.0 Å². The van der Waals surface area contributed by atoms with Gasteiger partial charge < -0.3 is 9.80 Å². The summed E-state index contributed by atoms with van der Waals surface area (Å²) in [4.78, 5) is 42.4. The Morgan fingerprint density at radius 3 is 2.03 bits per heavy atom. The van der Waals surface area contributed by atoms with Crippen molar-refractivity contribution in [3.63, 3.8) is 0 Å². The maximum absolute atomic E-state index is 13.4. The van der Waals surface area contributed by atoms with Crippen LogP contribution in [0, 0.1) is 5.82 Å². The number of amides is 2. The van der Waals surface area contributed by atoms with E-state index < -0.39 is 5.54 Å². The molecule has 0 radical (unpaired) electrons. The topological polar surface area (TPSA) is 60.9 Å². The van der Waals surface area contributed by atoms with Gasteiger partial charge in [0.2, 0.25) is 6.41 Å². The quantitative estimate of drug-likeness (QED) is 0.469. The van der Waals surface area contributed by atoms with Gasteiger partial charge in [-0.1, -0.05) is 19.1 Å². The number of carbonyl (C=O) groups excluding carboxylic acids is 3. The Morgan fingerprint density at radius 1 is 0.969 bits per heavy atom. The molecule has 1 saturated heterocycles. The molecule has 1 fully saturated rings. The number of ketones is 1. The number of Topliss-reactive ketones (excluding diaryl/α,β-unsaturated/α-hetero) is 1. The van der Waals surface area contributed by atoms with Crippen LogP contribution >= 0.6 is 0 Å². The Bertz CT molecular complexity index is 951. The van der Waals surface area contributed by atoms with E-state index in [1.165, 1.54) is 24.3 Å². The van der Waals surface area contributed by atoms with Crippen LogP contribution < -0.4 is 0 Å². The van der Waals surface area contributed by atoms with Gasteiger partial charge in [-0.15, -0.1) is 0 Å². The average Bonchev–Trinajstić information content (AvgIpc) is 2.82. The van der Waals surface area contributed by atoms with Gasteiger partial charge in [0.25, 0.3) is 5.91 Å². The molecule has 170 valence electrons. The van der Waals surface area contributed by atoms with E-state index in [0.29, 0.717) is 50.1 Å². The van der Waals surface area contributed by atoms with E-state index in [2.05, 4.69) is 0 Å². The zero-order valence-electron chi connectivity index (χ0n) is 18.9. The van der Waals surface area contributed by atoms with Crippen molar-refractivity contribution in [1.82, 2.24) is 14.7 Å². The van der Waals surface area contributed by atoms with Crippen molar-refractivity contribution in [2.75, 3.05) is 40.3 Å². The minimum atomic E-state index is -0.783. The number of benzene rings is 2. The van der Waals surface area contributed by atoms with Crippen LogP contribution in [0.5, 0.6) is 0 Å². The molecule has 2 amide bonds. The van der Waals surface area contributed by atoms with Gasteiger partial charge in [0.15, 0.2) is 5.78 Å². The van der Waals surface area contributed by atoms with Crippen LogP contribution in [0.3, 0.4) is 0 Å². The van der Waals surface area contributed by atoms with Gasteiger partial charge in [-0.2, -0.15) is 0 Å². The fraction of sp³-hybridized carbons (Fsp3) is 0.400. The van der Waals surface area contributed by atoms with E-state index in [4.69, 9.17) is 0 Å². The van der Waals surface area contributed by atoms with Crippen LogP contribution in [0.1, 0.15) is 39.6 Å². The molecular weight excluding hydrogens is 409 g/mol. The molecule has 1 aliphatic heterocycles. The number of halogens is 1. The lowest BCUT2D eigenvalue weighted by molar-refractivity contribution is -0.119. The second kappa shape index (κ2) is 10.0. The minimum absolute atomic E-state index is 0.0566. The SMILES string of the molecule is CCC(Cc1ccc(C(=O)N2CCN(C=O)CC2)cc1)(C(=O)c1ccc(F)cc1)N(C)C. The summed E-state index contributed by atoms with van der Waals surface area (Å²) < 4.78 is 13.3. The van der Waals surface area contributed by atoms with Gasteiger partial charge in [0.1, 0.15) is 5.82 Å². The van der Waals surface area contributed by atoms with Gasteiger partial charge in [-0.05, 0) is 68.9 Å². The van der Waals surface area contributed by atoms with Gasteiger partial charge in [-0.25, -0.2) is 4.39 Å². The molecule has 1 heterocycles. The van der Waals surface area contributed by atoms with E-state index in [1.54, 1.807) is 21.9 Å². The Balaban J connectivity index is 1.77. The Morgan fingerprint density at radius 2 is 1.53 bits per heavy atom. The van der Waals surface area contributed by atoms with Crippen molar-refractivity contribution in [3.8, 4) is 0 Å². The molecule has 0 aliphatic carbocycles. The first-order valence-electron chi connectivity index (χ1n) is 10.9. The third-order valence-electron chi connectivity index (χ3n) is 6.42. The maximum atomic E-state index is 13.4. The van der Waals surface area contributed by atoms with Crippen molar-refractivity contribution in [2.45, 2.75) is 25.3 Å². The third-order valence-corrected chi connectivity index (χ3v) is 6.42. The van der Waals surface area contributed by atoms with E-state index in [-0.39, 0.29) is 17.5 Å². The lowest BCUT2D eigenvalue weighted by atomic mass is 9.80. The molecule has 32 heavy (non-hydrogen) atoms. The zero-order chi connectivity index (χ0) is 23.3. The summed E-state index contributed by atoms with van der Waals surface area (Å²) in [6, 6.07) is 13.0. The predicted octanol–water partition coefficient (Wildman–Crippen LogP) is 2.88. The molecular formula is C25H30FN3O3. The molecule has 6 nitrogen and oxygen atoms in total. The van der Waals surface area contributed by atoms with Gasteiger partial charge in [0, 0.05) is 37.3 Å². The van der Waals surface area contributed by atoms with Crippen LogP contribution in [-0.2, 0) is 11.2 Å². The predicted molar refractivity (Wildman–Crippen MR) is 121 cm³/mol. The largest absolute Gasteiger partial charge is 0.342 e. The number of hydrogen-bond donors (Lipinski definition) is 0. The highest BCUT2D eigenvalue weighted by Crippen LogP contribution is 2.28. The first kappa shape index (κ1) is 23.6. The van der Waals surface area contributed by atoms with Gasteiger partial charge >= 0.3 is 0 Å². The standard InChI is InChI=1S/C25H30FN3O3/c1-4-25(27(2)3,23(31)20-9-11-22(26)12-10-20)17-19-5-7-21(8-6-19)24(32)29-15-13-28(18-30)14-16-29/h5-12,18H,4,13-17H2,1-3H3. The summed E-state index contributed by atoms with van der Waals surface area (Å²) >= 11 is 0. The van der Waals surface area contributed by atoms with E-state index >= 15 is 0 Å². The Labute approximate surface area is 188 Å². The summed E-state index contributed by atoms with van der Waals surface area (Å²) in [5, 5.41) is 0. The van der Waals surface area contributed by atoms with Crippen molar-refractivity contribution in [3.05, 3.63) is 71.0 Å². The number of carbonyl (C=O) groups is 3. The van der Waals surface area contributed by atoms with Crippen LogP contribution in [0.15, 0.2) is 48.5 Å². The minimum Gasteiger partial charge on any atom is -0.342 e. The van der Waals surface area contributed by atoms with E-state index in [9.17, 15) is 18.8 Å². The number of likely N-dealkylation sites (N-methyl/N-ethyl adjacent to an activating group) is 1. The number of rotatable bonds is 8. The van der Waals surface area contributed by atoms with Gasteiger partial charge in [0.05, 0.1) is 5.54 Å². The van der Waals surface area contributed by atoms with Crippen LogP contribution in [-0.4, -0.2) is 78.6 Å². The summed E-state index contributed by atoms with van der Waals surface area (Å²) in [6.45, 7) is 4.09. The molecule has 1 aliphatic rings. The number of piperazine rings is 1. The van der Waals surface area contributed by atoms with Crippen molar-refractivity contribution < 1.29 is 18.8 Å². The monoisotopic (exact) mass is 439 g/mol. The van der Waals surface area contributed by atoms with Crippen LogP contribution in [0.2, 0.25) is 0 Å². The fourth-order valence-electron chi connectivity index (χ4n) is 4.23. The molecule has 3 rings (SSSR count). The summed E-state index contributed by atoms with van der Waals surface area (Å²) in [5.41, 5.74) is 1.22. The highest BCUT2D eigenvalue weighted by Gasteiger charge is 2.39. The van der Waals surface area contributed by atoms with Crippen molar-refractivity contribution >= 4 is 18.1 Å². The second-order valence-electron chi connectivity index (χ2n) is 8.42. The summed E-state index contributed by atoms with van der Waals surface area (Å²) in [5.74, 6) is -0.488. The average molecular weight is 440 g/mol. The summed E-state index contributed by atoms with van der Waals surface area (Å²) in [7, 11) is 3.75. The molecule has 2 aromatic carbocycles. The first-order valence-corrected chi connectivity index (χ1v) is 10.9. The highest BCUT2D eigenvalue weighted by atomic mass is 19.1. The Kier molecular flexibility index (Phi) is 7.40. The second-order valence-corrected chi connectivity index (χ2v) is 8.42. The smallest absolute Gasteiger partial charge is 0.253 e. The van der Waals surface area contributed by atoms with E-state index in [1.807, 2.05) is 38.1 Å². The normalized spacial score (nSPS) is 16.0. The highest BCUT2D eigenvalue weighted by molar-refractivity contribution is 6.03. The van der Waals surface area contributed by atoms with Crippen LogP contribution in [0.25, 0.3) is 0 Å². The first-order chi connectivity index (χ1) is 15.3. The number of nitrogens with zero attached hydrogens (tertiary/aromatic N) is 3. The van der Waals surface area contributed by atoms with Crippen LogP contribution in [0.4, 0.5) is 4.39 Å². The molecule has 0 spiro atoms. The Hall–Kier alpha value is -3.06. The summed E-state index contributed by atoms with van der Waals surface area (Å²) in [6.07, 6.45) is 1.87. The zero-order valence-corrected chi connectivity index (χ0v) is 18.9. The molecule has 0 N–H and O–H groups in total. The fourth-order valence-corrected chi connectivity index (χ4v) is 4.23. The molecule has 0 aromatic heterocycles. The molecule has 0 saturated carbocycles. The molecule has 7 heteroatoms. The van der Waals surface area contributed by atoms with Crippen molar-refractivity contribution in [1.29, 1.82) is 0 Å². The lowest BCUT2D eigenvalue weighted by Gasteiger charge is -2.38.